The first kappa shape index (κ1) is 44.3. The Balaban J connectivity index is 0.843. The van der Waals surface area contributed by atoms with Crippen LogP contribution in [-0.2, 0) is 19.8 Å². The van der Waals surface area contributed by atoms with Crippen molar-refractivity contribution < 1.29 is 19.5 Å². The number of likely N-dealkylation sites (tertiary alicyclic amines) is 2. The number of amides is 3. The fourth-order valence-electron chi connectivity index (χ4n) is 10.8. The maximum Gasteiger partial charge on any atom is 0.282 e. The molecule has 9 rings (SSSR count). The van der Waals surface area contributed by atoms with Gasteiger partial charge >= 0.3 is 0 Å². The number of β-amino-alcohol motifs (C(OH)–C–C–N with tert-alkyl or cyclic N) is 1. The van der Waals surface area contributed by atoms with Gasteiger partial charge in [-0.25, -0.2) is 4.98 Å². The lowest BCUT2D eigenvalue weighted by atomic mass is 9.69. The van der Waals surface area contributed by atoms with Gasteiger partial charge in [0.05, 0.1) is 61.8 Å². The Morgan fingerprint density at radius 3 is 2.42 bits per heavy atom. The highest BCUT2D eigenvalue weighted by atomic mass is 35.5. The topological polar surface area (TPSA) is 150 Å². The van der Waals surface area contributed by atoms with Crippen molar-refractivity contribution in [2.45, 2.75) is 122 Å². The van der Waals surface area contributed by atoms with Gasteiger partial charge in [-0.15, -0.1) is 11.3 Å². The van der Waals surface area contributed by atoms with E-state index in [9.17, 15) is 24.3 Å². The summed E-state index contributed by atoms with van der Waals surface area (Å²) in [6.07, 6.45) is 6.23. The average molecular weight is 905 g/mol. The molecule has 2 aromatic heterocycles. The number of hydrogen-bond donors (Lipinski definition) is 3. The zero-order valence-corrected chi connectivity index (χ0v) is 38.9. The Morgan fingerprint density at radius 2 is 1.73 bits per heavy atom. The summed E-state index contributed by atoms with van der Waals surface area (Å²) in [5.74, 6) is 0.174. The van der Waals surface area contributed by atoms with Crippen LogP contribution < -0.4 is 16.2 Å². The predicted octanol–water partition coefficient (Wildman–Crippen LogP) is 7.58. The maximum absolute atomic E-state index is 14.4. The van der Waals surface area contributed by atoms with Gasteiger partial charge in [-0.3, -0.25) is 28.6 Å². The number of nitrogens with one attached hydrogen (secondary N) is 2. The Labute approximate surface area is 383 Å². The number of halogens is 1. The van der Waals surface area contributed by atoms with E-state index in [2.05, 4.69) is 43.3 Å². The molecule has 1 aliphatic carbocycles. The molecule has 0 unspecified atom stereocenters. The van der Waals surface area contributed by atoms with Crippen LogP contribution in [0.4, 0.5) is 0 Å². The van der Waals surface area contributed by atoms with Crippen LogP contribution in [0.5, 0.6) is 0 Å². The molecule has 3 fully saturated rings. The summed E-state index contributed by atoms with van der Waals surface area (Å²) >= 11 is 8.15. The van der Waals surface area contributed by atoms with E-state index in [-0.39, 0.29) is 54.2 Å². The molecule has 1 saturated carbocycles. The third-order valence-electron chi connectivity index (χ3n) is 14.3. The van der Waals surface area contributed by atoms with Crippen LogP contribution in [0.1, 0.15) is 119 Å². The van der Waals surface area contributed by atoms with Gasteiger partial charge in [-0.1, -0.05) is 94.1 Å². The summed E-state index contributed by atoms with van der Waals surface area (Å²) < 4.78 is 2.18. The lowest BCUT2D eigenvalue weighted by Gasteiger charge is -2.37. The summed E-state index contributed by atoms with van der Waals surface area (Å²) in [5, 5.41) is 17.8. The molecule has 12 nitrogen and oxygen atoms in total. The highest BCUT2D eigenvalue weighted by Crippen LogP contribution is 2.52. The van der Waals surface area contributed by atoms with Crippen LogP contribution in [0.3, 0.4) is 0 Å². The number of nitrogens with zero attached hydrogens (tertiary/aromatic N) is 5. The van der Waals surface area contributed by atoms with Crippen molar-refractivity contribution >= 4 is 51.6 Å². The van der Waals surface area contributed by atoms with Gasteiger partial charge in [-0.2, -0.15) is 4.98 Å². The summed E-state index contributed by atoms with van der Waals surface area (Å²) in [6.45, 7) is 11.2. The van der Waals surface area contributed by atoms with Crippen molar-refractivity contribution in [2.24, 2.45) is 5.41 Å². The van der Waals surface area contributed by atoms with Crippen LogP contribution in [0.15, 0.2) is 71.0 Å². The van der Waals surface area contributed by atoms with Gasteiger partial charge in [0.1, 0.15) is 17.9 Å². The zero-order chi connectivity index (χ0) is 45.1. The van der Waals surface area contributed by atoms with Gasteiger partial charge in [0.2, 0.25) is 17.7 Å². The molecule has 4 aliphatic rings. The number of aliphatic hydroxyl groups is 1. The second-order valence-corrected chi connectivity index (χ2v) is 20.8. The lowest BCUT2D eigenvalue weighted by Crippen LogP contribution is -2.59. The number of benzene rings is 3. The number of fused-ring (bicyclic) bond motifs is 7. The van der Waals surface area contributed by atoms with Crippen LogP contribution in [0.2, 0.25) is 5.02 Å². The Kier molecular flexibility index (Phi) is 12.1. The van der Waals surface area contributed by atoms with Crippen LogP contribution in [0, 0.1) is 12.3 Å². The molecule has 1 spiro atoms. The van der Waals surface area contributed by atoms with Gasteiger partial charge in [0.25, 0.3) is 5.56 Å². The molecule has 336 valence electrons. The molecule has 5 aromatic rings. The molecule has 3 aromatic carbocycles. The number of aryl methyl sites for hydroxylation is 1. The quantitative estimate of drug-likeness (QED) is 0.137. The maximum atomic E-state index is 14.4. The first-order valence-corrected chi connectivity index (χ1v) is 24.1. The minimum absolute atomic E-state index is 0.0138. The molecule has 2 saturated heterocycles. The van der Waals surface area contributed by atoms with E-state index in [1.54, 1.807) is 17.4 Å². The summed E-state index contributed by atoms with van der Waals surface area (Å²) in [7, 11) is 0. The van der Waals surface area contributed by atoms with E-state index in [1.165, 1.54) is 22.4 Å². The molecule has 3 amide bonds. The third kappa shape index (κ3) is 8.18. The predicted molar refractivity (Wildman–Crippen MR) is 251 cm³/mol. The largest absolute Gasteiger partial charge is 0.391 e. The monoisotopic (exact) mass is 903 g/mol. The number of carbonyl (C=O) groups excluding carboxylic acids is 3. The normalized spacial score (nSPS) is 20.8. The number of aromatic nitrogens is 3. The van der Waals surface area contributed by atoms with Crippen LogP contribution in [-0.4, -0.2) is 91.5 Å². The highest BCUT2D eigenvalue weighted by Gasteiger charge is 2.48. The molecule has 3 N–H and O–H groups in total. The number of carbonyl (C=O) groups is 3. The highest BCUT2D eigenvalue weighted by molar-refractivity contribution is 7.13. The minimum Gasteiger partial charge on any atom is -0.391 e. The second-order valence-electron chi connectivity index (χ2n) is 19.6. The average Bonchev–Trinajstić information content (AvgIpc) is 3.96. The third-order valence-corrected chi connectivity index (χ3v) is 15.6. The molecular formula is C50H58ClN7O5S. The SMILES string of the molecule is Cc1ncsc1-c1ccc([C@H](C)NC(=O)[C@@H]2C[C@@H](O)CN2C(=O)[C@@H](NC(=O)CN2CCC(c3ccc4c(c3)C3(CCCCC3)c3nc(=O)c5c(Cl)cccc5n3-4)CC2)C(C)(C)C)cc1. The Bertz CT molecular complexity index is 2660. The van der Waals surface area contributed by atoms with Crippen molar-refractivity contribution in [1.82, 2.24) is 35.0 Å². The van der Waals surface area contributed by atoms with Gasteiger partial charge in [0, 0.05) is 13.0 Å². The van der Waals surface area contributed by atoms with Crippen molar-refractivity contribution in [2.75, 3.05) is 26.2 Å². The standard InChI is InChI=1S/C50H58ClN7O5S/c1-29(31-12-14-33(15-13-31)43-30(2)52-28-64-43)53-45(61)40-25-35(59)26-57(40)47(63)44(49(3,4)5)54-41(60)27-56-22-18-32(19-23-56)34-16-17-38-36(24-34)50(20-7-6-8-21-50)48-55-46(62)42-37(51)10-9-11-39(42)58(38)48/h9-17,24,28-29,32,35,40,44,59H,6-8,18-23,25-27H2,1-5H3,(H,53,61)(H,54,60)/t29-,35+,40-,44+/m0/s1. The smallest absolute Gasteiger partial charge is 0.282 e. The van der Waals surface area contributed by atoms with Crippen LogP contribution in [0.25, 0.3) is 27.0 Å². The number of rotatable bonds is 9. The number of piperidine rings is 1. The van der Waals surface area contributed by atoms with Gasteiger partial charge in [-0.05, 0) is 104 Å². The Hall–Kier alpha value is -4.95. The van der Waals surface area contributed by atoms with Crippen LogP contribution >= 0.6 is 22.9 Å². The lowest BCUT2D eigenvalue weighted by molar-refractivity contribution is -0.144. The molecule has 64 heavy (non-hydrogen) atoms. The summed E-state index contributed by atoms with van der Waals surface area (Å²) in [6, 6.07) is 18.3. The zero-order valence-electron chi connectivity index (χ0n) is 37.3. The van der Waals surface area contributed by atoms with Gasteiger partial charge in [0.15, 0.2) is 0 Å². The molecule has 3 aliphatic heterocycles. The Morgan fingerprint density at radius 1 is 1.00 bits per heavy atom. The first-order valence-electron chi connectivity index (χ1n) is 22.8. The van der Waals surface area contributed by atoms with Crippen molar-refractivity contribution in [3.63, 3.8) is 0 Å². The number of thiazole rings is 1. The summed E-state index contributed by atoms with van der Waals surface area (Å²) in [5.41, 5.74) is 7.92. The van der Waals surface area contributed by atoms with E-state index < -0.39 is 23.6 Å². The molecule has 14 heteroatoms. The second kappa shape index (κ2) is 17.5. The van der Waals surface area contributed by atoms with E-state index in [4.69, 9.17) is 16.6 Å². The fraction of sp³-hybridized carbons (Fsp3) is 0.480. The van der Waals surface area contributed by atoms with E-state index in [1.807, 2.05) is 76.5 Å². The minimum atomic E-state index is -0.904. The molecule has 0 bridgehead atoms. The van der Waals surface area contributed by atoms with Crippen molar-refractivity contribution in [1.29, 1.82) is 0 Å². The number of hydrogen-bond acceptors (Lipinski definition) is 9. The molecule has 4 atom stereocenters. The van der Waals surface area contributed by atoms with E-state index in [0.29, 0.717) is 16.3 Å². The van der Waals surface area contributed by atoms with Gasteiger partial charge < -0.3 is 20.6 Å². The van der Waals surface area contributed by atoms with E-state index in [0.717, 1.165) is 90.3 Å². The van der Waals surface area contributed by atoms with E-state index >= 15 is 0 Å². The fourth-order valence-corrected chi connectivity index (χ4v) is 11.9. The molecular weight excluding hydrogens is 846 g/mol. The first-order chi connectivity index (χ1) is 30.6. The summed E-state index contributed by atoms with van der Waals surface area (Å²) in [4.78, 5) is 69.2. The number of aliphatic hydroxyl groups excluding tert-OH is 1. The molecule has 0 radical (unpaired) electrons. The van der Waals surface area contributed by atoms with Crippen molar-refractivity contribution in [3.8, 4) is 16.1 Å². The molecule has 5 heterocycles. The van der Waals surface area contributed by atoms with Crippen molar-refractivity contribution in [3.05, 3.63) is 110 Å².